The topological polar surface area (TPSA) is 74.1 Å². The Bertz CT molecular complexity index is 1030. The van der Waals surface area contributed by atoms with E-state index in [0.717, 1.165) is 11.1 Å². The van der Waals surface area contributed by atoms with E-state index in [1.165, 1.54) is 0 Å². The fourth-order valence-corrected chi connectivity index (χ4v) is 3.18. The minimum Gasteiger partial charge on any atom is -0.490 e. The highest BCUT2D eigenvalue weighted by atomic mass is 35.5. The minimum atomic E-state index is 0.293. The van der Waals surface area contributed by atoms with Gasteiger partial charge in [0.1, 0.15) is 6.61 Å². The van der Waals surface area contributed by atoms with Crippen molar-refractivity contribution >= 4 is 40.8 Å². The first-order valence-corrected chi connectivity index (χ1v) is 10.3. The second-order valence-electron chi connectivity index (χ2n) is 6.19. The molecule has 2 aromatic carbocycles. The standard InChI is InChI=1S/C20H20Cl3N5O2/c1-3-7-28-20(25-26-27-28)24-11-14-9-18(29-4-2)19(10-16(14)22)30-12-13-5-6-15(21)17(23)8-13/h3,5-6,8-10H,1,4,7,11-12H2,2H3,(H,24,25,27). The molecule has 3 aromatic rings. The summed E-state index contributed by atoms with van der Waals surface area (Å²) in [5.74, 6) is 1.64. The molecule has 0 amide bonds. The molecule has 0 aliphatic rings. The second-order valence-corrected chi connectivity index (χ2v) is 7.41. The predicted molar refractivity (Wildman–Crippen MR) is 119 cm³/mol. The number of nitrogens with zero attached hydrogens (tertiary/aromatic N) is 4. The van der Waals surface area contributed by atoms with E-state index in [1.54, 1.807) is 29.0 Å². The van der Waals surface area contributed by atoms with Gasteiger partial charge in [0.25, 0.3) is 0 Å². The Kier molecular flexibility index (Phi) is 7.79. The van der Waals surface area contributed by atoms with Gasteiger partial charge in [0.05, 0.1) is 23.2 Å². The van der Waals surface area contributed by atoms with Gasteiger partial charge in [-0.3, -0.25) is 0 Å². The van der Waals surface area contributed by atoms with Crippen LogP contribution in [0.3, 0.4) is 0 Å². The minimum absolute atomic E-state index is 0.293. The molecule has 0 saturated carbocycles. The van der Waals surface area contributed by atoms with E-state index in [-0.39, 0.29) is 0 Å². The molecular formula is C20H20Cl3N5O2. The molecule has 3 rings (SSSR count). The van der Waals surface area contributed by atoms with Gasteiger partial charge in [-0.15, -0.1) is 6.58 Å². The van der Waals surface area contributed by atoms with Gasteiger partial charge in [-0.2, -0.15) is 0 Å². The van der Waals surface area contributed by atoms with E-state index in [9.17, 15) is 0 Å². The van der Waals surface area contributed by atoms with Crippen LogP contribution in [0.2, 0.25) is 15.1 Å². The van der Waals surface area contributed by atoms with E-state index in [0.29, 0.717) is 58.8 Å². The lowest BCUT2D eigenvalue weighted by Crippen LogP contribution is -2.09. The number of anilines is 1. The quantitative estimate of drug-likeness (QED) is 0.401. The zero-order valence-corrected chi connectivity index (χ0v) is 18.5. The van der Waals surface area contributed by atoms with Crippen molar-refractivity contribution in [1.82, 2.24) is 20.2 Å². The lowest BCUT2D eigenvalue weighted by molar-refractivity contribution is 0.269. The first-order valence-electron chi connectivity index (χ1n) is 9.14. The fraction of sp³-hybridized carbons (Fsp3) is 0.250. The smallest absolute Gasteiger partial charge is 0.243 e. The molecule has 1 heterocycles. The van der Waals surface area contributed by atoms with Crippen LogP contribution in [-0.4, -0.2) is 26.8 Å². The predicted octanol–water partition coefficient (Wildman–Crippen LogP) is 5.41. The van der Waals surface area contributed by atoms with Gasteiger partial charge in [-0.05, 0) is 46.7 Å². The summed E-state index contributed by atoms with van der Waals surface area (Å²) in [7, 11) is 0. The Morgan fingerprint density at radius 2 is 1.87 bits per heavy atom. The van der Waals surface area contributed by atoms with Crippen molar-refractivity contribution in [2.75, 3.05) is 11.9 Å². The van der Waals surface area contributed by atoms with Gasteiger partial charge in [-0.1, -0.05) is 52.0 Å². The van der Waals surface area contributed by atoms with Gasteiger partial charge in [-0.25, -0.2) is 4.68 Å². The molecule has 10 heteroatoms. The van der Waals surface area contributed by atoms with Crippen LogP contribution < -0.4 is 14.8 Å². The lowest BCUT2D eigenvalue weighted by atomic mass is 10.2. The van der Waals surface area contributed by atoms with Crippen LogP contribution in [0.4, 0.5) is 5.95 Å². The molecule has 0 radical (unpaired) electrons. The van der Waals surface area contributed by atoms with Crippen LogP contribution in [-0.2, 0) is 19.7 Å². The van der Waals surface area contributed by atoms with E-state index in [1.807, 2.05) is 19.1 Å². The summed E-state index contributed by atoms with van der Waals surface area (Å²) in [5, 5.41) is 16.2. The fourth-order valence-electron chi connectivity index (χ4n) is 2.64. The number of hydrogen-bond donors (Lipinski definition) is 1. The molecule has 0 aliphatic heterocycles. The molecule has 0 unspecified atom stereocenters. The van der Waals surface area contributed by atoms with E-state index >= 15 is 0 Å². The van der Waals surface area contributed by atoms with Crippen molar-refractivity contribution in [3.05, 3.63) is 69.2 Å². The average Bonchev–Trinajstić information content (AvgIpc) is 3.17. The van der Waals surface area contributed by atoms with E-state index in [2.05, 4.69) is 27.4 Å². The van der Waals surface area contributed by atoms with Crippen molar-refractivity contribution in [3.8, 4) is 11.5 Å². The Balaban J connectivity index is 1.74. The molecule has 0 atom stereocenters. The van der Waals surface area contributed by atoms with Gasteiger partial charge < -0.3 is 14.8 Å². The van der Waals surface area contributed by atoms with Crippen molar-refractivity contribution in [1.29, 1.82) is 0 Å². The van der Waals surface area contributed by atoms with Gasteiger partial charge in [0.2, 0.25) is 5.95 Å². The highest BCUT2D eigenvalue weighted by Crippen LogP contribution is 2.35. The highest BCUT2D eigenvalue weighted by molar-refractivity contribution is 6.42. The van der Waals surface area contributed by atoms with Crippen LogP contribution in [0.25, 0.3) is 0 Å². The molecule has 0 saturated heterocycles. The van der Waals surface area contributed by atoms with E-state index in [4.69, 9.17) is 44.3 Å². The Morgan fingerprint density at radius 3 is 2.60 bits per heavy atom. The summed E-state index contributed by atoms with van der Waals surface area (Å²) in [6, 6.07) is 8.91. The van der Waals surface area contributed by atoms with Crippen molar-refractivity contribution in [3.63, 3.8) is 0 Å². The highest BCUT2D eigenvalue weighted by Gasteiger charge is 2.13. The third-order valence-corrected chi connectivity index (χ3v) is 5.15. The van der Waals surface area contributed by atoms with Gasteiger partial charge in [0, 0.05) is 17.6 Å². The summed E-state index contributed by atoms with van der Waals surface area (Å²) in [6.45, 7) is 7.27. The maximum absolute atomic E-state index is 6.48. The summed E-state index contributed by atoms with van der Waals surface area (Å²) in [6.07, 6.45) is 1.71. The molecule has 0 aliphatic carbocycles. The number of allylic oxidation sites excluding steroid dienone is 1. The number of rotatable bonds is 10. The number of ether oxygens (including phenoxy) is 2. The monoisotopic (exact) mass is 467 g/mol. The Morgan fingerprint density at radius 1 is 1.07 bits per heavy atom. The zero-order chi connectivity index (χ0) is 21.5. The molecule has 0 bridgehead atoms. The van der Waals surface area contributed by atoms with Gasteiger partial charge >= 0.3 is 0 Å². The van der Waals surface area contributed by atoms with Crippen molar-refractivity contribution in [2.45, 2.75) is 26.6 Å². The van der Waals surface area contributed by atoms with Crippen LogP contribution in [0.5, 0.6) is 11.5 Å². The number of nitrogens with one attached hydrogen (secondary N) is 1. The summed E-state index contributed by atoms with van der Waals surface area (Å²) in [5.41, 5.74) is 1.69. The molecule has 0 fully saturated rings. The first kappa shape index (κ1) is 22.2. The number of hydrogen-bond acceptors (Lipinski definition) is 6. The maximum atomic E-state index is 6.48. The molecule has 30 heavy (non-hydrogen) atoms. The molecule has 7 nitrogen and oxygen atoms in total. The number of aromatic nitrogens is 4. The Labute approximate surface area is 189 Å². The second kappa shape index (κ2) is 10.5. The van der Waals surface area contributed by atoms with Crippen LogP contribution in [0, 0.1) is 0 Å². The molecule has 158 valence electrons. The molecule has 1 N–H and O–H groups in total. The zero-order valence-electron chi connectivity index (χ0n) is 16.2. The summed E-state index contributed by atoms with van der Waals surface area (Å²) >= 11 is 18.5. The third-order valence-electron chi connectivity index (χ3n) is 4.06. The van der Waals surface area contributed by atoms with Crippen molar-refractivity contribution < 1.29 is 9.47 Å². The molecule has 1 aromatic heterocycles. The average molecular weight is 469 g/mol. The van der Waals surface area contributed by atoms with Crippen LogP contribution in [0.15, 0.2) is 43.0 Å². The number of halogens is 3. The Hall–Kier alpha value is -2.48. The van der Waals surface area contributed by atoms with Crippen LogP contribution in [0.1, 0.15) is 18.1 Å². The maximum Gasteiger partial charge on any atom is 0.243 e. The molecular weight excluding hydrogens is 449 g/mol. The number of tetrazole rings is 1. The first-order chi connectivity index (χ1) is 14.5. The SMILES string of the molecule is C=CCn1nnnc1NCc1cc(OCC)c(OCc2ccc(Cl)c(Cl)c2)cc1Cl. The lowest BCUT2D eigenvalue weighted by Gasteiger charge is -2.15. The number of benzene rings is 2. The van der Waals surface area contributed by atoms with Crippen LogP contribution >= 0.6 is 34.8 Å². The largest absolute Gasteiger partial charge is 0.490 e. The summed E-state index contributed by atoms with van der Waals surface area (Å²) < 4.78 is 13.3. The summed E-state index contributed by atoms with van der Waals surface area (Å²) in [4.78, 5) is 0. The van der Waals surface area contributed by atoms with Gasteiger partial charge in [0.15, 0.2) is 11.5 Å². The normalized spacial score (nSPS) is 10.7. The third kappa shape index (κ3) is 5.56. The van der Waals surface area contributed by atoms with Crippen molar-refractivity contribution in [2.24, 2.45) is 0 Å². The van der Waals surface area contributed by atoms with E-state index < -0.39 is 0 Å². The molecule has 0 spiro atoms.